The Balaban J connectivity index is 3.18. The van der Waals surface area contributed by atoms with Gasteiger partial charge in [0, 0.05) is 19.3 Å². The number of anilines is 1. The zero-order valence-corrected chi connectivity index (χ0v) is 7.65. The molecule has 3 N–H and O–H groups in total. The quantitative estimate of drug-likeness (QED) is 0.775. The van der Waals surface area contributed by atoms with Gasteiger partial charge in [0.1, 0.15) is 0 Å². The molecule has 1 rings (SSSR count). The number of hydrogen-bond acceptors (Lipinski definition) is 2. The zero-order valence-electron chi connectivity index (χ0n) is 7.65. The van der Waals surface area contributed by atoms with E-state index in [4.69, 9.17) is 5.73 Å². The normalized spacial score (nSPS) is 11.5. The Bertz CT molecular complexity index is 320. The predicted octanol–water partition coefficient (Wildman–Crippen LogP) is 2.21. The standard InChI is InChI=1S/C9H11F3N2/c1-14-7-2-3-8(9(10,11)12)6(4-7)5-13/h2-4,14H,5,13H2,1H3. The van der Waals surface area contributed by atoms with Crippen molar-refractivity contribution < 1.29 is 13.2 Å². The van der Waals surface area contributed by atoms with E-state index < -0.39 is 11.7 Å². The van der Waals surface area contributed by atoms with Crippen LogP contribution in [-0.4, -0.2) is 7.05 Å². The SMILES string of the molecule is CNc1ccc(C(F)(F)F)c(CN)c1. The molecular weight excluding hydrogens is 193 g/mol. The molecule has 0 aliphatic rings. The summed E-state index contributed by atoms with van der Waals surface area (Å²) >= 11 is 0. The molecule has 0 unspecified atom stereocenters. The highest BCUT2D eigenvalue weighted by Crippen LogP contribution is 2.32. The molecule has 0 fully saturated rings. The van der Waals surface area contributed by atoms with E-state index in [1.807, 2.05) is 0 Å². The van der Waals surface area contributed by atoms with Gasteiger partial charge in [-0.1, -0.05) is 0 Å². The number of rotatable bonds is 2. The van der Waals surface area contributed by atoms with Crippen molar-refractivity contribution >= 4 is 5.69 Å². The van der Waals surface area contributed by atoms with Crippen LogP contribution in [0.3, 0.4) is 0 Å². The fraction of sp³-hybridized carbons (Fsp3) is 0.333. The van der Waals surface area contributed by atoms with E-state index in [-0.39, 0.29) is 12.1 Å². The minimum absolute atomic E-state index is 0.101. The average Bonchev–Trinajstić information content (AvgIpc) is 2.15. The lowest BCUT2D eigenvalue weighted by molar-refractivity contribution is -0.138. The van der Waals surface area contributed by atoms with E-state index in [0.29, 0.717) is 5.69 Å². The largest absolute Gasteiger partial charge is 0.416 e. The highest BCUT2D eigenvalue weighted by molar-refractivity contribution is 5.49. The molecule has 0 aliphatic heterocycles. The average molecular weight is 204 g/mol. The second-order valence-corrected chi connectivity index (χ2v) is 2.82. The van der Waals surface area contributed by atoms with Crippen LogP contribution in [0.4, 0.5) is 18.9 Å². The van der Waals surface area contributed by atoms with Gasteiger partial charge in [0.2, 0.25) is 0 Å². The van der Waals surface area contributed by atoms with Gasteiger partial charge in [-0.15, -0.1) is 0 Å². The van der Waals surface area contributed by atoms with Gasteiger partial charge in [0.15, 0.2) is 0 Å². The maximum Gasteiger partial charge on any atom is 0.416 e. The summed E-state index contributed by atoms with van der Waals surface area (Å²) in [6, 6.07) is 3.82. The van der Waals surface area contributed by atoms with E-state index in [2.05, 4.69) is 5.32 Å². The molecule has 0 atom stereocenters. The molecule has 14 heavy (non-hydrogen) atoms. The molecule has 1 aromatic rings. The van der Waals surface area contributed by atoms with Crippen LogP contribution in [0.1, 0.15) is 11.1 Å². The first kappa shape index (κ1) is 10.8. The van der Waals surface area contributed by atoms with Crippen molar-refractivity contribution in [3.05, 3.63) is 29.3 Å². The van der Waals surface area contributed by atoms with Crippen LogP contribution in [0.5, 0.6) is 0 Å². The molecule has 0 saturated heterocycles. The van der Waals surface area contributed by atoms with Crippen LogP contribution in [0, 0.1) is 0 Å². The van der Waals surface area contributed by atoms with E-state index in [1.54, 1.807) is 7.05 Å². The molecule has 0 heterocycles. The lowest BCUT2D eigenvalue weighted by Crippen LogP contribution is -2.12. The van der Waals surface area contributed by atoms with Crippen LogP contribution in [0.25, 0.3) is 0 Å². The van der Waals surface area contributed by atoms with E-state index in [9.17, 15) is 13.2 Å². The fourth-order valence-corrected chi connectivity index (χ4v) is 1.19. The van der Waals surface area contributed by atoms with Gasteiger partial charge in [-0.3, -0.25) is 0 Å². The van der Waals surface area contributed by atoms with Crippen molar-refractivity contribution in [1.82, 2.24) is 0 Å². The third kappa shape index (κ3) is 2.17. The molecule has 0 amide bonds. The maximum atomic E-state index is 12.4. The Morgan fingerprint density at radius 2 is 2.00 bits per heavy atom. The van der Waals surface area contributed by atoms with Gasteiger partial charge < -0.3 is 11.1 Å². The van der Waals surface area contributed by atoms with Crippen molar-refractivity contribution in [2.45, 2.75) is 12.7 Å². The number of nitrogens with two attached hydrogens (primary N) is 1. The second-order valence-electron chi connectivity index (χ2n) is 2.82. The summed E-state index contributed by atoms with van der Waals surface area (Å²) in [5, 5.41) is 2.76. The smallest absolute Gasteiger partial charge is 0.388 e. The Hall–Kier alpha value is -1.23. The number of nitrogens with one attached hydrogen (secondary N) is 1. The molecule has 5 heteroatoms. The van der Waals surface area contributed by atoms with E-state index in [0.717, 1.165) is 6.07 Å². The number of halogens is 3. The predicted molar refractivity (Wildman–Crippen MR) is 48.9 cm³/mol. The molecule has 78 valence electrons. The minimum atomic E-state index is -4.33. The monoisotopic (exact) mass is 204 g/mol. The summed E-state index contributed by atoms with van der Waals surface area (Å²) in [4.78, 5) is 0. The van der Waals surface area contributed by atoms with Crippen LogP contribution in [-0.2, 0) is 12.7 Å². The fourth-order valence-electron chi connectivity index (χ4n) is 1.19. The summed E-state index contributed by atoms with van der Waals surface area (Å²) < 4.78 is 37.2. The Labute approximate surface area is 79.9 Å². The Morgan fingerprint density at radius 3 is 2.43 bits per heavy atom. The molecule has 0 saturated carbocycles. The first-order valence-electron chi connectivity index (χ1n) is 4.07. The lowest BCUT2D eigenvalue weighted by atomic mass is 10.1. The van der Waals surface area contributed by atoms with Gasteiger partial charge in [-0.25, -0.2) is 0 Å². The second kappa shape index (κ2) is 3.88. The van der Waals surface area contributed by atoms with Crippen LogP contribution in [0.15, 0.2) is 18.2 Å². The van der Waals surface area contributed by atoms with Gasteiger partial charge >= 0.3 is 6.18 Å². The summed E-state index contributed by atoms with van der Waals surface area (Å²) in [6.45, 7) is -0.121. The van der Waals surface area contributed by atoms with Crippen molar-refractivity contribution in [1.29, 1.82) is 0 Å². The number of benzene rings is 1. The minimum Gasteiger partial charge on any atom is -0.388 e. The highest BCUT2D eigenvalue weighted by atomic mass is 19.4. The van der Waals surface area contributed by atoms with Gasteiger partial charge in [-0.05, 0) is 23.8 Å². The zero-order chi connectivity index (χ0) is 10.8. The lowest BCUT2D eigenvalue weighted by Gasteiger charge is -2.12. The third-order valence-electron chi connectivity index (χ3n) is 1.92. The third-order valence-corrected chi connectivity index (χ3v) is 1.92. The number of hydrogen-bond donors (Lipinski definition) is 2. The van der Waals surface area contributed by atoms with Crippen molar-refractivity contribution in [3.63, 3.8) is 0 Å². The van der Waals surface area contributed by atoms with Crippen LogP contribution < -0.4 is 11.1 Å². The van der Waals surface area contributed by atoms with Crippen molar-refractivity contribution in [2.75, 3.05) is 12.4 Å². The molecule has 0 aliphatic carbocycles. The summed E-state index contributed by atoms with van der Waals surface area (Å²) in [5.41, 5.74) is 5.30. The van der Waals surface area contributed by atoms with Crippen molar-refractivity contribution in [2.24, 2.45) is 5.73 Å². The topological polar surface area (TPSA) is 38.0 Å². The van der Waals surface area contributed by atoms with Gasteiger partial charge in [0.25, 0.3) is 0 Å². The molecule has 2 nitrogen and oxygen atoms in total. The van der Waals surface area contributed by atoms with Crippen molar-refractivity contribution in [3.8, 4) is 0 Å². The summed E-state index contributed by atoms with van der Waals surface area (Å²) in [5.74, 6) is 0. The van der Waals surface area contributed by atoms with Crippen LogP contribution in [0.2, 0.25) is 0 Å². The summed E-state index contributed by atoms with van der Waals surface area (Å²) in [7, 11) is 1.64. The Morgan fingerprint density at radius 1 is 1.36 bits per heavy atom. The molecule has 0 aromatic heterocycles. The van der Waals surface area contributed by atoms with E-state index >= 15 is 0 Å². The first-order valence-corrected chi connectivity index (χ1v) is 4.07. The van der Waals surface area contributed by atoms with Gasteiger partial charge in [-0.2, -0.15) is 13.2 Å². The molecule has 0 radical (unpaired) electrons. The van der Waals surface area contributed by atoms with E-state index in [1.165, 1.54) is 12.1 Å². The molecule has 0 spiro atoms. The number of alkyl halides is 3. The van der Waals surface area contributed by atoms with Crippen LogP contribution >= 0.6 is 0 Å². The molecule has 0 bridgehead atoms. The molecule has 1 aromatic carbocycles. The van der Waals surface area contributed by atoms with Gasteiger partial charge in [0.05, 0.1) is 5.56 Å². The Kier molecular flexibility index (Phi) is 3.00. The highest BCUT2D eigenvalue weighted by Gasteiger charge is 2.32. The summed E-state index contributed by atoms with van der Waals surface area (Å²) in [6.07, 6.45) is -4.33. The maximum absolute atomic E-state index is 12.4. The molecular formula is C9H11F3N2. The first-order chi connectivity index (χ1) is 6.49.